The van der Waals surface area contributed by atoms with Crippen LogP contribution in [-0.2, 0) is 6.61 Å². The van der Waals surface area contributed by atoms with Crippen molar-refractivity contribution in [1.82, 2.24) is 5.32 Å². The van der Waals surface area contributed by atoms with Gasteiger partial charge < -0.3 is 4.74 Å². The highest BCUT2D eigenvalue weighted by Gasteiger charge is 2.14. The lowest BCUT2D eigenvalue weighted by Crippen LogP contribution is -2.31. The van der Waals surface area contributed by atoms with Gasteiger partial charge in [0.2, 0.25) is 0 Å². The molecule has 1 heterocycles. The summed E-state index contributed by atoms with van der Waals surface area (Å²) in [5, 5.41) is 17.9. The Hall–Kier alpha value is -3.32. The number of hydrogen-bond donors (Lipinski definition) is 1. The van der Waals surface area contributed by atoms with Crippen molar-refractivity contribution < 1.29 is 9.53 Å². The van der Waals surface area contributed by atoms with Crippen LogP contribution in [-0.4, -0.2) is 18.1 Å². The van der Waals surface area contributed by atoms with E-state index in [0.717, 1.165) is 11.1 Å². The van der Waals surface area contributed by atoms with E-state index < -0.39 is 6.03 Å². The number of amidine groups is 1. The lowest BCUT2D eigenvalue weighted by Gasteiger charge is -2.09. The Morgan fingerprint density at radius 2 is 1.92 bits per heavy atom. The molecular weight excluding hydrogens is 354 g/mol. The summed E-state index contributed by atoms with van der Waals surface area (Å²) in [4.78, 5) is 11.2. The fraction of sp³-hybridized carbons (Fsp3) is 0.0556. The number of benzene rings is 2. The molecule has 130 valence electrons. The van der Waals surface area contributed by atoms with Crippen molar-refractivity contribution in [1.29, 1.82) is 0 Å². The van der Waals surface area contributed by atoms with E-state index in [-0.39, 0.29) is 11.5 Å². The van der Waals surface area contributed by atoms with Gasteiger partial charge in [0.15, 0.2) is 5.84 Å². The Morgan fingerprint density at radius 1 is 1.15 bits per heavy atom. The third kappa shape index (κ3) is 4.61. The van der Waals surface area contributed by atoms with Crippen LogP contribution in [0.3, 0.4) is 0 Å². The minimum atomic E-state index is -0.613. The average molecular weight is 368 g/mol. The van der Waals surface area contributed by atoms with E-state index in [9.17, 15) is 4.79 Å². The summed E-state index contributed by atoms with van der Waals surface area (Å²) < 4.78 is 5.84. The molecule has 0 atom stereocenters. The van der Waals surface area contributed by atoms with Gasteiger partial charge in [0.1, 0.15) is 18.1 Å². The van der Waals surface area contributed by atoms with Crippen molar-refractivity contribution in [2.24, 2.45) is 20.4 Å². The Kier molecular flexibility index (Phi) is 5.50. The molecule has 0 saturated heterocycles. The van der Waals surface area contributed by atoms with Crippen molar-refractivity contribution in [2.45, 2.75) is 6.61 Å². The first-order valence-corrected chi connectivity index (χ1v) is 7.99. The second kappa shape index (κ2) is 8.17. The SMILES string of the molecule is C=C1N=NC(=O)N/C1=N/N=C/c1ccccc1OCc1ccc(Cl)cc1. The molecule has 0 bridgehead atoms. The molecule has 0 fully saturated rings. The molecule has 26 heavy (non-hydrogen) atoms. The second-order valence-electron chi connectivity index (χ2n) is 5.22. The maximum absolute atomic E-state index is 11.2. The monoisotopic (exact) mass is 367 g/mol. The van der Waals surface area contributed by atoms with Gasteiger partial charge in [-0.25, -0.2) is 4.79 Å². The first-order valence-electron chi connectivity index (χ1n) is 7.61. The molecule has 0 aromatic heterocycles. The number of carbonyl (C=O) groups excluding carboxylic acids is 1. The van der Waals surface area contributed by atoms with E-state index in [1.54, 1.807) is 0 Å². The van der Waals surface area contributed by atoms with E-state index in [0.29, 0.717) is 17.4 Å². The summed E-state index contributed by atoms with van der Waals surface area (Å²) in [6, 6.07) is 14.2. The van der Waals surface area contributed by atoms with Gasteiger partial charge >= 0.3 is 6.03 Å². The molecular formula is C18H14ClN5O2. The number of nitrogens with one attached hydrogen (secondary N) is 1. The Bertz CT molecular complexity index is 919. The smallest absolute Gasteiger partial charge is 0.365 e. The topological polar surface area (TPSA) is 87.8 Å². The fourth-order valence-corrected chi connectivity index (χ4v) is 2.17. The molecule has 0 saturated carbocycles. The van der Waals surface area contributed by atoms with Gasteiger partial charge in [0, 0.05) is 10.6 Å². The molecule has 7 nitrogen and oxygen atoms in total. The number of urea groups is 1. The molecule has 1 N–H and O–H groups in total. The zero-order valence-corrected chi connectivity index (χ0v) is 14.3. The van der Waals surface area contributed by atoms with Crippen molar-refractivity contribution in [3.05, 3.63) is 77.0 Å². The normalized spacial score (nSPS) is 15.5. The third-order valence-electron chi connectivity index (χ3n) is 3.34. The summed E-state index contributed by atoms with van der Waals surface area (Å²) in [6.45, 7) is 4.02. The number of carbonyl (C=O) groups is 1. The minimum absolute atomic E-state index is 0.154. The zero-order valence-electron chi connectivity index (χ0n) is 13.6. The predicted molar refractivity (Wildman–Crippen MR) is 99.8 cm³/mol. The first kappa shape index (κ1) is 17.5. The molecule has 8 heteroatoms. The molecule has 1 aliphatic heterocycles. The van der Waals surface area contributed by atoms with Crippen LogP contribution in [0, 0.1) is 0 Å². The summed E-state index contributed by atoms with van der Waals surface area (Å²) >= 11 is 5.88. The molecule has 2 amide bonds. The number of ether oxygens (including phenoxy) is 1. The molecule has 2 aromatic rings. The van der Waals surface area contributed by atoms with Crippen molar-refractivity contribution in [2.75, 3.05) is 0 Å². The van der Waals surface area contributed by atoms with Crippen LogP contribution in [0.15, 0.2) is 81.2 Å². The molecule has 2 aromatic carbocycles. The van der Waals surface area contributed by atoms with E-state index in [4.69, 9.17) is 16.3 Å². The van der Waals surface area contributed by atoms with Crippen molar-refractivity contribution >= 4 is 29.7 Å². The van der Waals surface area contributed by atoms with Crippen LogP contribution in [0.25, 0.3) is 0 Å². The number of nitrogens with zero attached hydrogens (tertiary/aromatic N) is 4. The highest BCUT2D eigenvalue weighted by atomic mass is 35.5. The highest BCUT2D eigenvalue weighted by molar-refractivity contribution is 6.30. The zero-order chi connectivity index (χ0) is 18.4. The van der Waals surface area contributed by atoms with E-state index in [2.05, 4.69) is 32.3 Å². The summed E-state index contributed by atoms with van der Waals surface area (Å²) in [5.74, 6) is 0.804. The quantitative estimate of drug-likeness (QED) is 0.629. The number of azo groups is 1. The van der Waals surface area contributed by atoms with Crippen LogP contribution in [0.1, 0.15) is 11.1 Å². The number of hydrogen-bond acceptors (Lipinski definition) is 5. The number of rotatable bonds is 5. The lowest BCUT2D eigenvalue weighted by atomic mass is 10.2. The molecule has 0 spiro atoms. The standard InChI is InChI=1S/C18H14ClN5O2/c1-12-17(21-18(25)24-22-12)23-20-10-14-4-2-3-5-16(14)26-11-13-6-8-15(19)9-7-13/h2-10H,1,11H2,(H,21,23,25)/b20-10+. The van der Waals surface area contributed by atoms with Gasteiger partial charge in [-0.05, 0) is 29.8 Å². The molecule has 3 rings (SSSR count). The largest absolute Gasteiger partial charge is 0.488 e. The Labute approximate surface area is 154 Å². The summed E-state index contributed by atoms with van der Waals surface area (Å²) in [6.07, 6.45) is 1.52. The number of para-hydroxylation sites is 1. The van der Waals surface area contributed by atoms with Crippen molar-refractivity contribution in [3.8, 4) is 5.75 Å². The first-order chi connectivity index (χ1) is 12.6. The third-order valence-corrected chi connectivity index (χ3v) is 3.59. The van der Waals surface area contributed by atoms with Crippen LogP contribution in [0.4, 0.5) is 4.79 Å². The van der Waals surface area contributed by atoms with Crippen LogP contribution in [0.5, 0.6) is 5.75 Å². The van der Waals surface area contributed by atoms with Crippen LogP contribution in [0.2, 0.25) is 5.02 Å². The lowest BCUT2D eigenvalue weighted by molar-refractivity contribution is 0.251. The van der Waals surface area contributed by atoms with Gasteiger partial charge in [-0.2, -0.15) is 5.10 Å². The summed E-state index contributed by atoms with van der Waals surface area (Å²) in [7, 11) is 0. The van der Waals surface area contributed by atoms with Crippen LogP contribution < -0.4 is 10.1 Å². The van der Waals surface area contributed by atoms with Gasteiger partial charge in [-0.3, -0.25) is 5.32 Å². The fourth-order valence-electron chi connectivity index (χ4n) is 2.04. The summed E-state index contributed by atoms with van der Waals surface area (Å²) in [5.41, 5.74) is 1.96. The van der Waals surface area contributed by atoms with Gasteiger partial charge in [-0.15, -0.1) is 10.2 Å². The second-order valence-corrected chi connectivity index (χ2v) is 5.66. The average Bonchev–Trinajstić information content (AvgIpc) is 2.65. The van der Waals surface area contributed by atoms with E-state index >= 15 is 0 Å². The molecule has 0 radical (unpaired) electrons. The molecule has 1 aliphatic rings. The highest BCUT2D eigenvalue weighted by Crippen LogP contribution is 2.18. The minimum Gasteiger partial charge on any atom is -0.488 e. The van der Waals surface area contributed by atoms with Crippen LogP contribution >= 0.6 is 11.6 Å². The van der Waals surface area contributed by atoms with Gasteiger partial charge in [-0.1, -0.05) is 47.6 Å². The number of halogens is 1. The van der Waals surface area contributed by atoms with E-state index in [1.165, 1.54) is 6.21 Å². The molecule has 0 unspecified atom stereocenters. The maximum Gasteiger partial charge on any atom is 0.365 e. The predicted octanol–water partition coefficient (Wildman–Crippen LogP) is 4.34. The van der Waals surface area contributed by atoms with Crippen molar-refractivity contribution in [3.63, 3.8) is 0 Å². The Morgan fingerprint density at radius 3 is 2.73 bits per heavy atom. The Balaban J connectivity index is 1.70. The maximum atomic E-state index is 11.2. The van der Waals surface area contributed by atoms with Gasteiger partial charge in [0.25, 0.3) is 0 Å². The van der Waals surface area contributed by atoms with E-state index in [1.807, 2.05) is 48.5 Å². The molecule has 0 aliphatic carbocycles. The number of amides is 2. The van der Waals surface area contributed by atoms with Gasteiger partial charge in [0.05, 0.1) is 6.21 Å².